The first-order chi connectivity index (χ1) is 12.9. The Morgan fingerprint density at radius 1 is 1.00 bits per heavy atom. The first kappa shape index (κ1) is 18.3. The number of carbonyl (C=O) groups is 2. The lowest BCUT2D eigenvalue weighted by atomic mass is 10.1. The van der Waals surface area contributed by atoms with Crippen LogP contribution in [0.4, 0.5) is 0 Å². The van der Waals surface area contributed by atoms with Crippen molar-refractivity contribution in [2.75, 3.05) is 0 Å². The van der Waals surface area contributed by atoms with E-state index in [4.69, 9.17) is 4.74 Å². The number of carbonyl (C=O) groups excluding carboxylic acids is 1. The highest BCUT2D eigenvalue weighted by atomic mass is 16.5. The lowest BCUT2D eigenvalue weighted by Crippen LogP contribution is -2.10. The maximum Gasteiger partial charge on any atom is 0.347 e. The standard InChI is InChI=1S/C21H19NO5/c1-13-10-18(20(24)25)14(2)22(13)12-15-8-9-17(19(23)11-15)21(26)27-16-6-4-3-5-7-16/h3-11,23H,12H2,1-2H3,(H,24,25). The summed E-state index contributed by atoms with van der Waals surface area (Å²) < 4.78 is 7.09. The second-order valence-electron chi connectivity index (χ2n) is 6.23. The summed E-state index contributed by atoms with van der Waals surface area (Å²) in [5.41, 5.74) is 2.49. The molecule has 0 bridgehead atoms. The molecule has 0 unspecified atom stereocenters. The summed E-state index contributed by atoms with van der Waals surface area (Å²) in [6.45, 7) is 3.94. The zero-order valence-corrected chi connectivity index (χ0v) is 15.0. The smallest absolute Gasteiger partial charge is 0.347 e. The van der Waals surface area contributed by atoms with Gasteiger partial charge in [0, 0.05) is 17.9 Å². The van der Waals surface area contributed by atoms with Gasteiger partial charge in [0.05, 0.1) is 5.56 Å². The van der Waals surface area contributed by atoms with Crippen LogP contribution < -0.4 is 4.74 Å². The molecule has 3 aromatic rings. The van der Waals surface area contributed by atoms with E-state index in [1.807, 2.05) is 17.6 Å². The third-order valence-electron chi connectivity index (χ3n) is 4.38. The summed E-state index contributed by atoms with van der Waals surface area (Å²) in [5, 5.41) is 19.5. The Hall–Kier alpha value is -3.54. The molecule has 0 radical (unpaired) electrons. The zero-order chi connectivity index (χ0) is 19.6. The molecule has 0 amide bonds. The van der Waals surface area contributed by atoms with Crippen LogP contribution in [0.15, 0.2) is 54.6 Å². The number of aromatic hydroxyl groups is 1. The lowest BCUT2D eigenvalue weighted by molar-refractivity contribution is 0.0693. The van der Waals surface area contributed by atoms with Gasteiger partial charge in [-0.05, 0) is 49.7 Å². The van der Waals surface area contributed by atoms with Crippen molar-refractivity contribution in [2.45, 2.75) is 20.4 Å². The predicted molar refractivity (Wildman–Crippen MR) is 99.5 cm³/mol. The number of para-hydroxylation sites is 1. The van der Waals surface area contributed by atoms with Gasteiger partial charge in [-0.3, -0.25) is 0 Å². The molecule has 0 aliphatic carbocycles. The third-order valence-corrected chi connectivity index (χ3v) is 4.38. The molecule has 6 nitrogen and oxygen atoms in total. The van der Waals surface area contributed by atoms with Crippen LogP contribution in [0.3, 0.4) is 0 Å². The van der Waals surface area contributed by atoms with Crippen LogP contribution in [-0.2, 0) is 6.54 Å². The highest BCUT2D eigenvalue weighted by molar-refractivity contribution is 5.94. The van der Waals surface area contributed by atoms with Gasteiger partial charge in [0.1, 0.15) is 17.1 Å². The van der Waals surface area contributed by atoms with Gasteiger partial charge in [-0.25, -0.2) is 9.59 Å². The van der Waals surface area contributed by atoms with Crippen molar-refractivity contribution in [3.8, 4) is 11.5 Å². The van der Waals surface area contributed by atoms with E-state index in [-0.39, 0.29) is 16.9 Å². The van der Waals surface area contributed by atoms with E-state index in [2.05, 4.69) is 0 Å². The van der Waals surface area contributed by atoms with Crippen molar-refractivity contribution in [3.63, 3.8) is 0 Å². The van der Waals surface area contributed by atoms with Crippen molar-refractivity contribution in [1.29, 1.82) is 0 Å². The van der Waals surface area contributed by atoms with Crippen LogP contribution in [0.1, 0.15) is 37.7 Å². The Morgan fingerprint density at radius 2 is 1.70 bits per heavy atom. The number of phenolic OH excluding ortho intramolecular Hbond substituents is 1. The van der Waals surface area contributed by atoms with E-state index in [0.29, 0.717) is 18.0 Å². The van der Waals surface area contributed by atoms with Crippen molar-refractivity contribution >= 4 is 11.9 Å². The lowest BCUT2D eigenvalue weighted by Gasteiger charge is -2.11. The van der Waals surface area contributed by atoms with E-state index in [1.165, 1.54) is 12.1 Å². The van der Waals surface area contributed by atoms with Crippen molar-refractivity contribution in [1.82, 2.24) is 4.57 Å². The average Bonchev–Trinajstić information content (AvgIpc) is 2.91. The minimum Gasteiger partial charge on any atom is -0.507 e. The minimum atomic E-state index is -0.976. The molecule has 0 saturated heterocycles. The van der Waals surface area contributed by atoms with E-state index >= 15 is 0 Å². The predicted octanol–water partition coefficient (Wildman–Crippen LogP) is 3.78. The molecule has 1 aromatic heterocycles. The fourth-order valence-corrected chi connectivity index (χ4v) is 2.94. The number of rotatable bonds is 5. The zero-order valence-electron chi connectivity index (χ0n) is 15.0. The minimum absolute atomic E-state index is 0.0646. The number of aryl methyl sites for hydroxylation is 1. The monoisotopic (exact) mass is 365 g/mol. The van der Waals surface area contributed by atoms with Gasteiger partial charge in [-0.2, -0.15) is 0 Å². The largest absolute Gasteiger partial charge is 0.507 e. The fourth-order valence-electron chi connectivity index (χ4n) is 2.94. The number of hydrogen-bond donors (Lipinski definition) is 2. The van der Waals surface area contributed by atoms with Gasteiger partial charge in [-0.1, -0.05) is 24.3 Å². The normalized spacial score (nSPS) is 10.6. The van der Waals surface area contributed by atoms with E-state index in [1.54, 1.807) is 43.3 Å². The van der Waals surface area contributed by atoms with Crippen LogP contribution in [-0.4, -0.2) is 26.7 Å². The number of hydrogen-bond acceptors (Lipinski definition) is 4. The van der Waals surface area contributed by atoms with Gasteiger partial charge in [0.15, 0.2) is 0 Å². The molecule has 0 fully saturated rings. The topological polar surface area (TPSA) is 88.8 Å². The molecule has 0 saturated carbocycles. The quantitative estimate of drug-likeness (QED) is 0.531. The number of nitrogens with zero attached hydrogens (tertiary/aromatic N) is 1. The molecule has 0 atom stereocenters. The van der Waals surface area contributed by atoms with Gasteiger partial charge in [-0.15, -0.1) is 0 Å². The van der Waals surface area contributed by atoms with E-state index in [9.17, 15) is 19.8 Å². The molecular formula is C21H19NO5. The molecule has 6 heteroatoms. The number of phenols is 1. The number of aromatic carboxylic acids is 1. The molecule has 2 N–H and O–H groups in total. The molecule has 0 aliphatic rings. The van der Waals surface area contributed by atoms with Gasteiger partial charge < -0.3 is 19.5 Å². The van der Waals surface area contributed by atoms with Crippen molar-refractivity contribution < 1.29 is 24.5 Å². The van der Waals surface area contributed by atoms with Crippen molar-refractivity contribution in [2.24, 2.45) is 0 Å². The van der Waals surface area contributed by atoms with Crippen molar-refractivity contribution in [3.05, 3.63) is 82.7 Å². The summed E-state index contributed by atoms with van der Waals surface area (Å²) in [6.07, 6.45) is 0. The fraction of sp³-hybridized carbons (Fsp3) is 0.143. The Kier molecular flexibility index (Phi) is 4.98. The van der Waals surface area contributed by atoms with E-state index < -0.39 is 11.9 Å². The summed E-state index contributed by atoms with van der Waals surface area (Å²) in [5.74, 6) is -1.41. The summed E-state index contributed by atoms with van der Waals surface area (Å²) in [4.78, 5) is 23.5. The SMILES string of the molecule is Cc1cc(C(=O)O)c(C)n1Cc1ccc(C(=O)Oc2ccccc2)c(O)c1. The molecule has 138 valence electrons. The Balaban J connectivity index is 1.81. The van der Waals surface area contributed by atoms with Crippen LogP contribution >= 0.6 is 0 Å². The Morgan fingerprint density at radius 3 is 2.30 bits per heavy atom. The Bertz CT molecular complexity index is 1000. The van der Waals surface area contributed by atoms with Crippen LogP contribution in [0.5, 0.6) is 11.5 Å². The maximum atomic E-state index is 12.2. The second-order valence-corrected chi connectivity index (χ2v) is 6.23. The summed E-state index contributed by atoms with van der Waals surface area (Å²) in [7, 11) is 0. The van der Waals surface area contributed by atoms with Crippen LogP contribution in [0.25, 0.3) is 0 Å². The first-order valence-corrected chi connectivity index (χ1v) is 8.36. The molecule has 27 heavy (non-hydrogen) atoms. The van der Waals surface area contributed by atoms with Crippen LogP contribution in [0.2, 0.25) is 0 Å². The summed E-state index contributed by atoms with van der Waals surface area (Å²) >= 11 is 0. The van der Waals surface area contributed by atoms with Gasteiger partial charge in [0.2, 0.25) is 0 Å². The second kappa shape index (κ2) is 7.37. The number of carboxylic acids is 1. The number of esters is 1. The van der Waals surface area contributed by atoms with E-state index in [0.717, 1.165) is 11.3 Å². The van der Waals surface area contributed by atoms with Gasteiger partial charge >= 0.3 is 11.9 Å². The molecule has 0 aliphatic heterocycles. The molecule has 1 heterocycles. The number of ether oxygens (including phenoxy) is 1. The number of aromatic nitrogens is 1. The highest BCUT2D eigenvalue weighted by Crippen LogP contribution is 2.23. The molecule has 2 aromatic carbocycles. The van der Waals surface area contributed by atoms with Gasteiger partial charge in [0.25, 0.3) is 0 Å². The first-order valence-electron chi connectivity index (χ1n) is 8.36. The maximum absolute atomic E-state index is 12.2. The van der Waals surface area contributed by atoms with Crippen LogP contribution in [0, 0.1) is 13.8 Å². The highest BCUT2D eigenvalue weighted by Gasteiger charge is 2.17. The average molecular weight is 365 g/mol. The Labute approximate surface area is 156 Å². The molecular weight excluding hydrogens is 346 g/mol. The molecule has 3 rings (SSSR count). The molecule has 0 spiro atoms. The summed E-state index contributed by atoms with van der Waals surface area (Å²) in [6, 6.07) is 14.9. The number of carboxylic acid groups (broad SMARTS) is 1. The number of benzene rings is 2. The third kappa shape index (κ3) is 3.84.